The smallest absolute Gasteiger partial charge is 0.122 e. The maximum absolute atomic E-state index is 6.26. The zero-order valence-electron chi connectivity index (χ0n) is 16.0. The zero-order valence-corrected chi connectivity index (χ0v) is 16.0. The second-order valence-corrected chi connectivity index (χ2v) is 7.85. The molecule has 140 valence electrons. The average molecular weight is 361 g/mol. The Balaban J connectivity index is 1.37. The number of rotatable bonds is 4. The molecule has 2 heterocycles. The van der Waals surface area contributed by atoms with Crippen LogP contribution in [-0.4, -0.2) is 24.3 Å². The molecule has 0 spiro atoms. The summed E-state index contributed by atoms with van der Waals surface area (Å²) in [6.07, 6.45) is 9.44. The number of hydrogen-bond acceptors (Lipinski definition) is 2. The van der Waals surface area contributed by atoms with Gasteiger partial charge in [0.25, 0.3) is 0 Å². The number of hydrogen-bond donors (Lipinski definition) is 1. The summed E-state index contributed by atoms with van der Waals surface area (Å²) in [7, 11) is 0. The van der Waals surface area contributed by atoms with E-state index in [-0.39, 0.29) is 0 Å². The second kappa shape index (κ2) is 7.40. The van der Waals surface area contributed by atoms with Crippen molar-refractivity contribution in [2.45, 2.75) is 45.1 Å². The van der Waals surface area contributed by atoms with Crippen LogP contribution in [0, 0.1) is 0 Å². The topological polar surface area (TPSA) is 26.2 Å². The van der Waals surface area contributed by atoms with E-state index in [4.69, 9.17) is 4.74 Å². The van der Waals surface area contributed by atoms with Gasteiger partial charge in [-0.1, -0.05) is 24.3 Å². The van der Waals surface area contributed by atoms with Crippen LogP contribution in [0.1, 0.15) is 35.1 Å². The van der Waals surface area contributed by atoms with Crippen molar-refractivity contribution >= 4 is 10.9 Å². The Hall–Kier alpha value is -2.26. The molecule has 2 aromatic carbocycles. The summed E-state index contributed by atoms with van der Waals surface area (Å²) < 4.78 is 8.66. The highest BCUT2D eigenvalue weighted by molar-refractivity contribution is 5.84. The summed E-state index contributed by atoms with van der Waals surface area (Å²) >= 11 is 0. The molecule has 3 heteroatoms. The van der Waals surface area contributed by atoms with Crippen LogP contribution < -0.4 is 10.1 Å². The predicted octanol–water partition coefficient (Wildman–Crippen LogP) is 4.29. The molecular formula is C24H28N2O. The standard InChI is InChI=1S/C24H28N2O/c1-2-6-21-18(4-1)5-3-7-23(21)27-17-16-26-15-12-20-9-8-19-10-13-25-14-11-22(19)24(20)26/h3,5,7-9,12,15,25H,1-2,4,6,10-11,13-14,16-17H2. The van der Waals surface area contributed by atoms with Gasteiger partial charge in [0.2, 0.25) is 0 Å². The Labute approximate surface area is 161 Å². The van der Waals surface area contributed by atoms with Crippen molar-refractivity contribution in [3.63, 3.8) is 0 Å². The van der Waals surface area contributed by atoms with Crippen molar-refractivity contribution in [2.24, 2.45) is 0 Å². The molecule has 3 nitrogen and oxygen atoms in total. The van der Waals surface area contributed by atoms with Gasteiger partial charge in [0, 0.05) is 6.20 Å². The normalized spacial score (nSPS) is 16.6. The Bertz CT molecular complexity index is 956. The first-order valence-electron chi connectivity index (χ1n) is 10.4. The maximum atomic E-state index is 6.26. The van der Waals surface area contributed by atoms with Gasteiger partial charge in [0.1, 0.15) is 12.4 Å². The molecule has 0 fully saturated rings. The van der Waals surface area contributed by atoms with E-state index in [0.29, 0.717) is 0 Å². The Morgan fingerprint density at radius 1 is 0.852 bits per heavy atom. The monoisotopic (exact) mass is 360 g/mol. The van der Waals surface area contributed by atoms with E-state index in [2.05, 4.69) is 52.5 Å². The molecule has 3 aromatic rings. The van der Waals surface area contributed by atoms with Gasteiger partial charge < -0.3 is 14.6 Å². The van der Waals surface area contributed by atoms with Crippen LogP contribution >= 0.6 is 0 Å². The Kier molecular flexibility index (Phi) is 4.62. The van der Waals surface area contributed by atoms with Gasteiger partial charge >= 0.3 is 0 Å². The van der Waals surface area contributed by atoms with Crippen molar-refractivity contribution in [1.29, 1.82) is 0 Å². The largest absolute Gasteiger partial charge is 0.491 e. The van der Waals surface area contributed by atoms with Gasteiger partial charge in [-0.05, 0) is 91.4 Å². The first kappa shape index (κ1) is 16.9. The van der Waals surface area contributed by atoms with Crippen LogP contribution in [-0.2, 0) is 32.2 Å². The highest BCUT2D eigenvalue weighted by Gasteiger charge is 2.15. The molecule has 1 N–H and O–H groups in total. The van der Waals surface area contributed by atoms with Crippen LogP contribution in [0.25, 0.3) is 10.9 Å². The molecule has 0 amide bonds. The van der Waals surface area contributed by atoms with E-state index in [9.17, 15) is 0 Å². The van der Waals surface area contributed by atoms with Crippen LogP contribution in [0.4, 0.5) is 0 Å². The molecule has 0 saturated carbocycles. The van der Waals surface area contributed by atoms with Crippen LogP contribution in [0.5, 0.6) is 5.75 Å². The fourth-order valence-electron chi connectivity index (χ4n) is 4.81. The van der Waals surface area contributed by atoms with Crippen LogP contribution in [0.2, 0.25) is 0 Å². The van der Waals surface area contributed by atoms with Crippen LogP contribution in [0.3, 0.4) is 0 Å². The lowest BCUT2D eigenvalue weighted by Crippen LogP contribution is -2.16. The lowest BCUT2D eigenvalue weighted by Gasteiger charge is -2.20. The maximum Gasteiger partial charge on any atom is 0.122 e. The number of fused-ring (bicyclic) bond motifs is 4. The number of aryl methyl sites for hydroxylation is 1. The quantitative estimate of drug-likeness (QED) is 0.751. The number of nitrogens with zero attached hydrogens (tertiary/aromatic N) is 1. The minimum absolute atomic E-state index is 0.724. The lowest BCUT2D eigenvalue weighted by molar-refractivity contribution is 0.296. The van der Waals surface area contributed by atoms with E-state index in [1.165, 1.54) is 58.8 Å². The number of nitrogens with one attached hydrogen (secondary N) is 1. The van der Waals surface area contributed by atoms with Gasteiger partial charge in [-0.2, -0.15) is 0 Å². The van der Waals surface area contributed by atoms with Crippen molar-refractivity contribution < 1.29 is 4.74 Å². The first-order chi connectivity index (χ1) is 13.4. The molecule has 27 heavy (non-hydrogen) atoms. The van der Waals surface area contributed by atoms with E-state index in [1.807, 2.05) is 0 Å². The van der Waals surface area contributed by atoms with Crippen LogP contribution in [0.15, 0.2) is 42.6 Å². The number of benzene rings is 2. The number of ether oxygens (including phenoxy) is 1. The average Bonchev–Trinajstić information content (AvgIpc) is 2.97. The van der Waals surface area contributed by atoms with Crippen molar-refractivity contribution in [2.75, 3.05) is 19.7 Å². The fraction of sp³-hybridized carbons (Fsp3) is 0.417. The molecule has 1 aliphatic carbocycles. The first-order valence-corrected chi connectivity index (χ1v) is 10.4. The molecule has 0 unspecified atom stereocenters. The molecular weight excluding hydrogens is 332 g/mol. The van der Waals surface area contributed by atoms with E-state index >= 15 is 0 Å². The summed E-state index contributed by atoms with van der Waals surface area (Å²) in [6, 6.07) is 13.4. The molecule has 2 aliphatic rings. The number of aromatic nitrogens is 1. The third-order valence-corrected chi connectivity index (χ3v) is 6.20. The molecule has 1 aromatic heterocycles. The molecule has 0 radical (unpaired) electrons. The molecule has 0 atom stereocenters. The second-order valence-electron chi connectivity index (χ2n) is 7.85. The van der Waals surface area contributed by atoms with Gasteiger partial charge in [-0.15, -0.1) is 0 Å². The SMILES string of the molecule is c1cc2c(c(OCCn3ccc4ccc5c(c43)CCNCC5)c1)CCCC2. The molecule has 1 aliphatic heterocycles. The highest BCUT2D eigenvalue weighted by atomic mass is 16.5. The third kappa shape index (κ3) is 3.25. The van der Waals surface area contributed by atoms with E-state index < -0.39 is 0 Å². The minimum atomic E-state index is 0.724. The summed E-state index contributed by atoms with van der Waals surface area (Å²) in [6.45, 7) is 3.78. The van der Waals surface area contributed by atoms with E-state index in [0.717, 1.165) is 44.8 Å². The Morgan fingerprint density at radius 2 is 1.74 bits per heavy atom. The Morgan fingerprint density at radius 3 is 2.74 bits per heavy atom. The zero-order chi connectivity index (χ0) is 18.1. The van der Waals surface area contributed by atoms with Gasteiger partial charge in [0.05, 0.1) is 12.1 Å². The van der Waals surface area contributed by atoms with E-state index in [1.54, 1.807) is 0 Å². The van der Waals surface area contributed by atoms with Crippen molar-refractivity contribution in [1.82, 2.24) is 9.88 Å². The minimum Gasteiger partial charge on any atom is -0.491 e. The predicted molar refractivity (Wildman–Crippen MR) is 111 cm³/mol. The van der Waals surface area contributed by atoms with Gasteiger partial charge in [-0.25, -0.2) is 0 Å². The molecule has 5 rings (SSSR count). The molecule has 0 saturated heterocycles. The van der Waals surface area contributed by atoms with Crippen molar-refractivity contribution in [3.8, 4) is 5.75 Å². The molecule has 0 bridgehead atoms. The summed E-state index contributed by atoms with van der Waals surface area (Å²) in [4.78, 5) is 0. The summed E-state index contributed by atoms with van der Waals surface area (Å²) in [5.41, 5.74) is 7.38. The summed E-state index contributed by atoms with van der Waals surface area (Å²) in [5, 5.41) is 4.88. The summed E-state index contributed by atoms with van der Waals surface area (Å²) in [5.74, 6) is 1.10. The van der Waals surface area contributed by atoms with Gasteiger partial charge in [0.15, 0.2) is 0 Å². The van der Waals surface area contributed by atoms with Crippen molar-refractivity contribution in [3.05, 3.63) is 64.8 Å². The third-order valence-electron chi connectivity index (χ3n) is 6.20. The lowest BCUT2D eigenvalue weighted by atomic mass is 9.91. The highest BCUT2D eigenvalue weighted by Crippen LogP contribution is 2.30. The fourth-order valence-corrected chi connectivity index (χ4v) is 4.81. The van der Waals surface area contributed by atoms with Gasteiger partial charge in [-0.3, -0.25) is 0 Å².